The van der Waals surface area contributed by atoms with Crippen LogP contribution >= 0.6 is 0 Å². The summed E-state index contributed by atoms with van der Waals surface area (Å²) in [6, 6.07) is 5.46. The number of anilines is 2. The van der Waals surface area contributed by atoms with E-state index in [1.165, 1.54) is 0 Å². The zero-order valence-corrected chi connectivity index (χ0v) is 12.8. The maximum Gasteiger partial charge on any atom is 0.315 e. The monoisotopic (exact) mass is 279 g/mol. The van der Waals surface area contributed by atoms with Crippen LogP contribution in [-0.4, -0.2) is 25.1 Å². The van der Waals surface area contributed by atoms with E-state index in [4.69, 9.17) is 0 Å². The van der Waals surface area contributed by atoms with Gasteiger partial charge in [0.25, 0.3) is 0 Å². The second-order valence-corrected chi connectivity index (χ2v) is 5.25. The van der Waals surface area contributed by atoms with Crippen molar-refractivity contribution in [2.45, 2.75) is 33.6 Å². The first kappa shape index (κ1) is 16.3. The quantitative estimate of drug-likeness (QED) is 0.579. The van der Waals surface area contributed by atoms with Crippen molar-refractivity contribution < 1.29 is 4.92 Å². The number of nitrogens with zero attached hydrogens (tertiary/aromatic N) is 2. The molecular formula is C15H25N3O2. The van der Waals surface area contributed by atoms with Gasteiger partial charge in [-0.2, -0.15) is 0 Å². The third-order valence-electron chi connectivity index (χ3n) is 3.46. The Bertz CT molecular complexity index is 449. The molecule has 0 heterocycles. The summed E-state index contributed by atoms with van der Waals surface area (Å²) in [4.78, 5) is 13.1. The van der Waals surface area contributed by atoms with E-state index in [9.17, 15) is 10.1 Å². The van der Waals surface area contributed by atoms with Crippen molar-refractivity contribution in [1.82, 2.24) is 0 Å². The number of nitro benzene ring substituents is 1. The van der Waals surface area contributed by atoms with Crippen LogP contribution in [0, 0.1) is 16.0 Å². The highest BCUT2D eigenvalue weighted by Gasteiger charge is 2.22. The Morgan fingerprint density at radius 3 is 2.65 bits per heavy atom. The Balaban J connectivity index is 3.08. The molecule has 1 aromatic carbocycles. The third-order valence-corrected chi connectivity index (χ3v) is 3.46. The molecule has 0 saturated carbocycles. The molecule has 1 aromatic rings. The molecule has 0 aliphatic rings. The summed E-state index contributed by atoms with van der Waals surface area (Å²) in [6.45, 7) is 7.87. The van der Waals surface area contributed by atoms with Crippen LogP contribution in [0.25, 0.3) is 0 Å². The number of rotatable bonds is 8. The van der Waals surface area contributed by atoms with Gasteiger partial charge in [0.1, 0.15) is 11.4 Å². The van der Waals surface area contributed by atoms with Crippen LogP contribution in [0.5, 0.6) is 0 Å². The van der Waals surface area contributed by atoms with Gasteiger partial charge in [-0.05, 0) is 24.5 Å². The molecule has 0 aliphatic heterocycles. The zero-order valence-electron chi connectivity index (χ0n) is 12.8. The molecule has 0 spiro atoms. The van der Waals surface area contributed by atoms with Gasteiger partial charge in [0, 0.05) is 20.1 Å². The fourth-order valence-electron chi connectivity index (χ4n) is 2.13. The average molecular weight is 279 g/mol. The standard InChI is InChI=1S/C15H25N3O2/c1-5-10-16-13-8-7-9-14(15(13)18(19)20)17(4)11-12(3)6-2/h7-9,12,16H,5-6,10-11H2,1-4H3. The zero-order chi connectivity index (χ0) is 15.1. The molecule has 5 nitrogen and oxygen atoms in total. The van der Waals surface area contributed by atoms with Crippen molar-refractivity contribution in [3.8, 4) is 0 Å². The first-order valence-electron chi connectivity index (χ1n) is 7.23. The highest BCUT2D eigenvalue weighted by molar-refractivity contribution is 5.76. The highest BCUT2D eigenvalue weighted by Crippen LogP contribution is 2.35. The number of hydrogen-bond donors (Lipinski definition) is 1. The van der Waals surface area contributed by atoms with Gasteiger partial charge in [0.15, 0.2) is 0 Å². The molecule has 1 unspecified atom stereocenters. The molecule has 0 fully saturated rings. The van der Waals surface area contributed by atoms with Gasteiger partial charge < -0.3 is 10.2 Å². The van der Waals surface area contributed by atoms with E-state index in [1.54, 1.807) is 6.07 Å². The minimum Gasteiger partial charge on any atom is -0.379 e. The molecule has 5 heteroatoms. The number of nitro groups is 1. The molecule has 0 amide bonds. The van der Waals surface area contributed by atoms with Crippen LogP contribution < -0.4 is 10.2 Å². The molecule has 0 aliphatic carbocycles. The van der Waals surface area contributed by atoms with E-state index in [1.807, 2.05) is 31.0 Å². The normalized spacial score (nSPS) is 12.0. The number of benzene rings is 1. The van der Waals surface area contributed by atoms with Gasteiger partial charge >= 0.3 is 5.69 Å². The average Bonchev–Trinajstić information content (AvgIpc) is 2.44. The van der Waals surface area contributed by atoms with E-state index < -0.39 is 0 Å². The molecule has 0 radical (unpaired) electrons. The Morgan fingerprint density at radius 1 is 1.40 bits per heavy atom. The summed E-state index contributed by atoms with van der Waals surface area (Å²) < 4.78 is 0. The number of hydrogen-bond acceptors (Lipinski definition) is 4. The smallest absolute Gasteiger partial charge is 0.315 e. The van der Waals surface area contributed by atoms with Crippen LogP contribution in [0.4, 0.5) is 17.1 Å². The summed E-state index contributed by atoms with van der Waals surface area (Å²) in [6.07, 6.45) is 2.00. The van der Waals surface area contributed by atoms with Crippen molar-refractivity contribution in [2.75, 3.05) is 30.4 Å². The lowest BCUT2D eigenvalue weighted by Gasteiger charge is -2.23. The summed E-state index contributed by atoms with van der Waals surface area (Å²) in [5, 5.41) is 14.5. The van der Waals surface area contributed by atoms with Crippen LogP contribution in [0.1, 0.15) is 33.6 Å². The lowest BCUT2D eigenvalue weighted by molar-refractivity contribution is -0.383. The van der Waals surface area contributed by atoms with E-state index in [0.29, 0.717) is 17.3 Å². The highest BCUT2D eigenvalue weighted by atomic mass is 16.6. The second-order valence-electron chi connectivity index (χ2n) is 5.25. The van der Waals surface area contributed by atoms with Crippen molar-refractivity contribution in [1.29, 1.82) is 0 Å². The van der Waals surface area contributed by atoms with Gasteiger partial charge in [0.05, 0.1) is 4.92 Å². The maximum absolute atomic E-state index is 11.4. The number of para-hydroxylation sites is 1. The molecular weight excluding hydrogens is 254 g/mol. The van der Waals surface area contributed by atoms with Gasteiger partial charge in [-0.3, -0.25) is 10.1 Å². The molecule has 1 atom stereocenters. The Labute approximate surface area is 121 Å². The summed E-state index contributed by atoms with van der Waals surface area (Å²) in [5.74, 6) is 0.506. The predicted octanol–water partition coefficient (Wildman–Crippen LogP) is 3.90. The lowest BCUT2D eigenvalue weighted by Crippen LogP contribution is -2.24. The number of nitrogens with one attached hydrogen (secondary N) is 1. The third kappa shape index (κ3) is 4.11. The SMILES string of the molecule is CCCNc1cccc(N(C)CC(C)CC)c1[N+](=O)[O-]. The minimum atomic E-state index is -0.291. The van der Waals surface area contributed by atoms with Gasteiger partial charge in [-0.15, -0.1) is 0 Å². The van der Waals surface area contributed by atoms with Crippen LogP contribution in [0.3, 0.4) is 0 Å². The van der Waals surface area contributed by atoms with Crippen molar-refractivity contribution in [3.63, 3.8) is 0 Å². The molecule has 1 rings (SSSR count). The molecule has 0 saturated heterocycles. The van der Waals surface area contributed by atoms with E-state index in [2.05, 4.69) is 19.2 Å². The Morgan fingerprint density at radius 2 is 2.10 bits per heavy atom. The summed E-state index contributed by atoms with van der Waals surface area (Å²) in [7, 11) is 1.91. The van der Waals surface area contributed by atoms with Crippen molar-refractivity contribution >= 4 is 17.1 Å². The lowest BCUT2D eigenvalue weighted by atomic mass is 10.1. The molecule has 112 valence electrons. The predicted molar refractivity (Wildman–Crippen MR) is 84.6 cm³/mol. The van der Waals surface area contributed by atoms with Gasteiger partial charge in [-0.25, -0.2) is 0 Å². The Kier molecular flexibility index (Phi) is 6.28. The van der Waals surface area contributed by atoms with Crippen LogP contribution in [-0.2, 0) is 0 Å². The largest absolute Gasteiger partial charge is 0.379 e. The Hall–Kier alpha value is -1.78. The summed E-state index contributed by atoms with van der Waals surface area (Å²) >= 11 is 0. The fourth-order valence-corrected chi connectivity index (χ4v) is 2.13. The second kappa shape index (κ2) is 7.72. The van der Waals surface area contributed by atoms with Gasteiger partial charge in [0.2, 0.25) is 0 Å². The maximum atomic E-state index is 11.4. The van der Waals surface area contributed by atoms with E-state index in [0.717, 1.165) is 25.9 Å². The van der Waals surface area contributed by atoms with Crippen LogP contribution in [0.2, 0.25) is 0 Å². The van der Waals surface area contributed by atoms with Crippen LogP contribution in [0.15, 0.2) is 18.2 Å². The minimum absolute atomic E-state index is 0.173. The van der Waals surface area contributed by atoms with Crippen molar-refractivity contribution in [3.05, 3.63) is 28.3 Å². The fraction of sp³-hybridized carbons (Fsp3) is 0.600. The molecule has 0 bridgehead atoms. The first-order valence-corrected chi connectivity index (χ1v) is 7.23. The van der Waals surface area contributed by atoms with E-state index in [-0.39, 0.29) is 10.6 Å². The first-order chi connectivity index (χ1) is 9.51. The van der Waals surface area contributed by atoms with E-state index >= 15 is 0 Å². The molecule has 0 aromatic heterocycles. The van der Waals surface area contributed by atoms with Crippen molar-refractivity contribution in [2.24, 2.45) is 5.92 Å². The molecule has 1 N–H and O–H groups in total. The summed E-state index contributed by atoms with van der Waals surface area (Å²) in [5.41, 5.74) is 1.45. The molecule has 20 heavy (non-hydrogen) atoms. The topological polar surface area (TPSA) is 58.4 Å². The van der Waals surface area contributed by atoms with Gasteiger partial charge in [-0.1, -0.05) is 33.3 Å².